The molecule has 0 amide bonds. The van der Waals surface area contributed by atoms with E-state index in [2.05, 4.69) is 9.88 Å². The minimum atomic E-state index is -4.02. The molecule has 0 saturated carbocycles. The fourth-order valence-corrected chi connectivity index (χ4v) is 3.50. The highest BCUT2D eigenvalue weighted by Gasteiger charge is 2.23. The van der Waals surface area contributed by atoms with Crippen molar-refractivity contribution in [3.63, 3.8) is 0 Å². The van der Waals surface area contributed by atoms with Gasteiger partial charge in [-0.2, -0.15) is 0 Å². The summed E-state index contributed by atoms with van der Waals surface area (Å²) in [6, 6.07) is 3.75. The van der Waals surface area contributed by atoms with E-state index >= 15 is 0 Å². The number of nitro benzene ring substituents is 1. The predicted octanol–water partition coefficient (Wildman–Crippen LogP) is 0.298. The van der Waals surface area contributed by atoms with Gasteiger partial charge in [0, 0.05) is 63.4 Å². The van der Waals surface area contributed by atoms with Crippen molar-refractivity contribution in [2.45, 2.75) is 11.4 Å². The lowest BCUT2D eigenvalue weighted by Gasteiger charge is -2.35. The second-order valence-corrected chi connectivity index (χ2v) is 7.77. The number of non-ortho nitro benzene ring substituents is 1. The maximum atomic E-state index is 11.6. The summed E-state index contributed by atoms with van der Waals surface area (Å²) in [5.41, 5.74) is 0.196. The summed E-state index contributed by atoms with van der Waals surface area (Å²) in [6.45, 7) is 3.43. The summed E-state index contributed by atoms with van der Waals surface area (Å²) < 4.78 is 25.2. The van der Waals surface area contributed by atoms with Gasteiger partial charge in [-0.25, -0.2) is 18.5 Å². The zero-order valence-electron chi connectivity index (χ0n) is 14.3. The number of hydrogen-bond donors (Lipinski definition) is 1. The quantitative estimate of drug-likeness (QED) is 0.583. The number of nitrogens with zero attached hydrogens (tertiary/aromatic N) is 5. The van der Waals surface area contributed by atoms with Gasteiger partial charge in [-0.3, -0.25) is 15.0 Å². The summed E-state index contributed by atoms with van der Waals surface area (Å²) in [5.74, 6) is 0.963. The molecule has 10 nitrogen and oxygen atoms in total. The molecular formula is C15H20N6O4S. The molecule has 2 N–H and O–H groups in total. The number of rotatable bonds is 5. The van der Waals surface area contributed by atoms with Crippen LogP contribution in [0.1, 0.15) is 5.82 Å². The fraction of sp³-hybridized carbons (Fsp3) is 0.400. The number of sulfonamides is 1. The first kappa shape index (κ1) is 18.3. The Balaban J connectivity index is 1.75. The van der Waals surface area contributed by atoms with Gasteiger partial charge in [0.2, 0.25) is 10.0 Å². The highest BCUT2D eigenvalue weighted by Crippen LogP contribution is 2.27. The van der Waals surface area contributed by atoms with Crippen molar-refractivity contribution >= 4 is 21.4 Å². The van der Waals surface area contributed by atoms with Crippen LogP contribution >= 0.6 is 0 Å². The van der Waals surface area contributed by atoms with Crippen LogP contribution in [0.25, 0.3) is 0 Å². The zero-order chi connectivity index (χ0) is 18.9. The molecule has 0 spiro atoms. The number of nitro groups is 1. The molecule has 2 heterocycles. The molecule has 1 aromatic heterocycles. The number of piperazine rings is 1. The number of imidazole rings is 1. The topological polar surface area (TPSA) is 128 Å². The molecule has 0 aliphatic carbocycles. The first-order chi connectivity index (χ1) is 12.2. The molecule has 1 saturated heterocycles. The van der Waals surface area contributed by atoms with Crippen molar-refractivity contribution in [2.75, 3.05) is 31.1 Å². The fourth-order valence-electron chi connectivity index (χ4n) is 2.93. The number of benzene rings is 1. The van der Waals surface area contributed by atoms with Crippen LogP contribution in [0.15, 0.2) is 35.5 Å². The van der Waals surface area contributed by atoms with Crippen LogP contribution in [0.5, 0.6) is 0 Å². The minimum absolute atomic E-state index is 0.253. The normalized spacial score (nSPS) is 16.0. The van der Waals surface area contributed by atoms with Crippen LogP contribution in [0.4, 0.5) is 11.4 Å². The molecule has 3 rings (SSSR count). The van der Waals surface area contributed by atoms with Gasteiger partial charge in [-0.05, 0) is 6.07 Å². The number of aryl methyl sites for hydroxylation is 1. The Kier molecular flexibility index (Phi) is 4.94. The molecule has 0 radical (unpaired) electrons. The van der Waals surface area contributed by atoms with Crippen LogP contribution in [-0.2, 0) is 23.6 Å². The SMILES string of the molecule is Cn1ccnc1CN1CCN(c2cc([N+](=O)[O-])cc(S(N)(=O)=O)c2)CC1. The largest absolute Gasteiger partial charge is 0.369 e. The maximum absolute atomic E-state index is 11.6. The average Bonchev–Trinajstić information content (AvgIpc) is 2.99. The summed E-state index contributed by atoms with van der Waals surface area (Å²) in [5, 5.41) is 16.3. The van der Waals surface area contributed by atoms with Crippen molar-refractivity contribution in [3.8, 4) is 0 Å². The molecule has 0 bridgehead atoms. The summed E-state index contributed by atoms with van der Waals surface area (Å²) >= 11 is 0. The van der Waals surface area contributed by atoms with E-state index in [1.165, 1.54) is 12.1 Å². The lowest BCUT2D eigenvalue weighted by atomic mass is 10.2. The van der Waals surface area contributed by atoms with Crippen molar-refractivity contribution in [2.24, 2.45) is 12.2 Å². The van der Waals surface area contributed by atoms with Crippen LogP contribution in [-0.4, -0.2) is 54.0 Å². The molecule has 1 aliphatic rings. The Morgan fingerprint density at radius 3 is 2.46 bits per heavy atom. The Bertz CT molecular complexity index is 918. The standard InChI is InChI=1S/C15H20N6O4S/c1-18-3-2-17-15(18)11-19-4-6-20(7-5-19)12-8-13(21(22)23)10-14(9-12)26(16,24)25/h2-3,8-10H,4-7,11H2,1H3,(H2,16,24,25). The van der Waals surface area contributed by atoms with Gasteiger partial charge in [-0.15, -0.1) is 0 Å². The van der Waals surface area contributed by atoms with Gasteiger partial charge in [-0.1, -0.05) is 0 Å². The first-order valence-corrected chi connectivity index (χ1v) is 9.54. The lowest BCUT2D eigenvalue weighted by molar-refractivity contribution is -0.385. The summed E-state index contributed by atoms with van der Waals surface area (Å²) in [4.78, 5) is 18.7. The number of aromatic nitrogens is 2. The molecule has 1 aliphatic heterocycles. The van der Waals surface area contributed by atoms with Gasteiger partial charge in [0.25, 0.3) is 5.69 Å². The molecule has 1 aromatic carbocycles. The number of nitrogens with two attached hydrogens (primary N) is 1. The highest BCUT2D eigenvalue weighted by atomic mass is 32.2. The molecule has 1 fully saturated rings. The van der Waals surface area contributed by atoms with Gasteiger partial charge in [0.05, 0.1) is 16.4 Å². The van der Waals surface area contributed by atoms with Crippen LogP contribution < -0.4 is 10.0 Å². The van der Waals surface area contributed by atoms with E-state index in [1.54, 1.807) is 6.20 Å². The Morgan fingerprint density at radius 1 is 1.23 bits per heavy atom. The van der Waals surface area contributed by atoms with Crippen molar-refractivity contribution in [1.82, 2.24) is 14.5 Å². The smallest absolute Gasteiger partial charge is 0.272 e. The van der Waals surface area contributed by atoms with Crippen LogP contribution in [0.3, 0.4) is 0 Å². The van der Waals surface area contributed by atoms with Crippen molar-refractivity contribution < 1.29 is 13.3 Å². The van der Waals surface area contributed by atoms with Gasteiger partial charge in [0.15, 0.2) is 0 Å². The van der Waals surface area contributed by atoms with Crippen LogP contribution in [0, 0.1) is 10.1 Å². The van der Waals surface area contributed by atoms with E-state index in [1.807, 2.05) is 22.7 Å². The summed E-state index contributed by atoms with van der Waals surface area (Å²) in [6.07, 6.45) is 3.65. The van der Waals surface area contributed by atoms with Crippen molar-refractivity contribution in [3.05, 3.63) is 46.5 Å². The average molecular weight is 380 g/mol. The van der Waals surface area contributed by atoms with Gasteiger partial charge >= 0.3 is 0 Å². The maximum Gasteiger partial charge on any atom is 0.272 e. The van der Waals surface area contributed by atoms with Crippen molar-refractivity contribution in [1.29, 1.82) is 0 Å². The molecule has 11 heteroatoms. The molecule has 2 aromatic rings. The second kappa shape index (κ2) is 7.02. The summed E-state index contributed by atoms with van der Waals surface area (Å²) in [7, 11) is -2.08. The molecule has 26 heavy (non-hydrogen) atoms. The van der Waals surface area contributed by atoms with Gasteiger partial charge < -0.3 is 9.47 Å². The van der Waals surface area contributed by atoms with E-state index in [4.69, 9.17) is 5.14 Å². The monoisotopic (exact) mass is 380 g/mol. The van der Waals surface area contributed by atoms with E-state index in [9.17, 15) is 18.5 Å². The lowest BCUT2D eigenvalue weighted by Crippen LogP contribution is -2.46. The Labute approximate surface area is 151 Å². The number of anilines is 1. The molecular weight excluding hydrogens is 360 g/mol. The van der Waals surface area contributed by atoms with Crippen LogP contribution in [0.2, 0.25) is 0 Å². The Hall–Kier alpha value is -2.50. The second-order valence-electron chi connectivity index (χ2n) is 6.20. The van der Waals surface area contributed by atoms with E-state index < -0.39 is 14.9 Å². The third-order valence-electron chi connectivity index (χ3n) is 4.44. The van der Waals surface area contributed by atoms with E-state index in [0.29, 0.717) is 25.3 Å². The third-order valence-corrected chi connectivity index (χ3v) is 5.33. The number of hydrogen-bond acceptors (Lipinski definition) is 7. The molecule has 0 atom stereocenters. The first-order valence-electron chi connectivity index (χ1n) is 8.00. The zero-order valence-corrected chi connectivity index (χ0v) is 15.1. The van der Waals surface area contributed by atoms with E-state index in [-0.39, 0.29) is 10.6 Å². The predicted molar refractivity (Wildman–Crippen MR) is 95.2 cm³/mol. The number of primary sulfonamides is 1. The highest BCUT2D eigenvalue weighted by molar-refractivity contribution is 7.89. The molecule has 0 unspecified atom stereocenters. The third kappa shape index (κ3) is 4.00. The minimum Gasteiger partial charge on any atom is -0.369 e. The Morgan fingerprint density at radius 2 is 1.92 bits per heavy atom. The van der Waals surface area contributed by atoms with E-state index in [0.717, 1.165) is 25.0 Å². The van der Waals surface area contributed by atoms with Gasteiger partial charge in [0.1, 0.15) is 5.82 Å². The molecule has 140 valence electrons.